The van der Waals surface area contributed by atoms with E-state index in [9.17, 15) is 9.90 Å². The predicted octanol–water partition coefficient (Wildman–Crippen LogP) is 3.36. The van der Waals surface area contributed by atoms with Gasteiger partial charge in [0, 0.05) is 5.69 Å². The average molecular weight is 273 g/mol. The summed E-state index contributed by atoms with van der Waals surface area (Å²) in [7, 11) is 0. The first-order chi connectivity index (χ1) is 9.19. The fraction of sp³-hybridized carbons (Fsp3) is 0.133. The van der Waals surface area contributed by atoms with Gasteiger partial charge >= 0.3 is 0 Å². The second kappa shape index (κ2) is 6.20. The first kappa shape index (κ1) is 13.4. The van der Waals surface area contributed by atoms with Gasteiger partial charge < -0.3 is 10.4 Å². The van der Waals surface area contributed by atoms with E-state index in [0.29, 0.717) is 18.5 Å². The maximum absolute atomic E-state index is 11.8. The Kier molecular flexibility index (Phi) is 4.36. The molecule has 98 valence electrons. The highest BCUT2D eigenvalue weighted by Gasteiger charge is 2.06. The molecule has 19 heavy (non-hydrogen) atoms. The zero-order valence-corrected chi connectivity index (χ0v) is 11.2. The summed E-state index contributed by atoms with van der Waals surface area (Å²) in [5.41, 5.74) is 2.45. The molecule has 0 bridgehead atoms. The first-order valence-electron chi connectivity index (χ1n) is 5.93. The zero-order chi connectivity index (χ0) is 13.7. The normalized spacial score (nSPS) is 10.1. The number of amides is 1. The lowest BCUT2D eigenvalue weighted by Gasteiger charge is -2.08. The Morgan fingerprint density at radius 3 is 2.95 bits per heavy atom. The summed E-state index contributed by atoms with van der Waals surface area (Å²) in [5, 5.41) is 16.4. The number of rotatable bonds is 5. The lowest BCUT2D eigenvalue weighted by atomic mass is 10.1. The number of benzene rings is 1. The average Bonchev–Trinajstić information content (AvgIpc) is 2.86. The summed E-state index contributed by atoms with van der Waals surface area (Å²) in [5.74, 6) is 0.157. The second-order valence-electron chi connectivity index (χ2n) is 4.19. The Bertz CT molecular complexity index is 576. The third kappa shape index (κ3) is 3.69. The van der Waals surface area contributed by atoms with Crippen LogP contribution in [0.1, 0.15) is 11.1 Å². The molecule has 0 fully saturated rings. The summed E-state index contributed by atoms with van der Waals surface area (Å²) >= 11 is 1.57. The smallest absolute Gasteiger partial charge is 0.228 e. The van der Waals surface area contributed by atoms with Crippen LogP contribution in [0.2, 0.25) is 0 Å². The van der Waals surface area contributed by atoms with Crippen molar-refractivity contribution in [3.8, 4) is 5.75 Å². The summed E-state index contributed by atoms with van der Waals surface area (Å²) in [6.45, 7) is 3.64. The molecule has 0 aliphatic carbocycles. The number of carbonyl (C=O) groups excluding carboxylic acids is 1. The molecule has 3 nitrogen and oxygen atoms in total. The highest BCUT2D eigenvalue weighted by Crippen LogP contribution is 2.22. The minimum absolute atomic E-state index is 0.0614. The molecule has 1 amide bonds. The Morgan fingerprint density at radius 2 is 2.26 bits per heavy atom. The van der Waals surface area contributed by atoms with Gasteiger partial charge in [0.05, 0.1) is 6.42 Å². The maximum Gasteiger partial charge on any atom is 0.228 e. The molecule has 0 radical (unpaired) electrons. The molecule has 4 heteroatoms. The summed E-state index contributed by atoms with van der Waals surface area (Å²) < 4.78 is 0. The third-order valence-corrected chi connectivity index (χ3v) is 3.40. The number of hydrogen-bond donors (Lipinski definition) is 2. The predicted molar refractivity (Wildman–Crippen MR) is 78.7 cm³/mol. The van der Waals surface area contributed by atoms with Crippen LogP contribution in [0.3, 0.4) is 0 Å². The van der Waals surface area contributed by atoms with Gasteiger partial charge in [-0.05, 0) is 52.6 Å². The van der Waals surface area contributed by atoms with Gasteiger partial charge in [-0.25, -0.2) is 0 Å². The number of phenols is 1. The van der Waals surface area contributed by atoms with Crippen molar-refractivity contribution in [1.82, 2.24) is 0 Å². The second-order valence-corrected chi connectivity index (χ2v) is 4.97. The van der Waals surface area contributed by atoms with Crippen molar-refractivity contribution in [2.24, 2.45) is 0 Å². The molecule has 2 N–H and O–H groups in total. The molecular formula is C15H15NO2S. The molecule has 0 aliphatic heterocycles. The van der Waals surface area contributed by atoms with Crippen LogP contribution in [-0.2, 0) is 17.6 Å². The molecule has 2 aromatic rings. The highest BCUT2D eigenvalue weighted by molar-refractivity contribution is 7.08. The lowest BCUT2D eigenvalue weighted by Crippen LogP contribution is -2.14. The summed E-state index contributed by atoms with van der Waals surface area (Å²) in [6.07, 6.45) is 2.65. The molecule has 0 saturated heterocycles. The van der Waals surface area contributed by atoms with Crippen molar-refractivity contribution in [2.75, 3.05) is 5.32 Å². The number of allylic oxidation sites excluding steroid dienone is 1. The van der Waals surface area contributed by atoms with Crippen LogP contribution in [0.4, 0.5) is 5.69 Å². The summed E-state index contributed by atoms with van der Waals surface area (Å²) in [4.78, 5) is 11.8. The number of aromatic hydroxyl groups is 1. The fourth-order valence-electron chi connectivity index (χ4n) is 1.77. The third-order valence-electron chi connectivity index (χ3n) is 2.67. The number of carbonyl (C=O) groups is 1. The van der Waals surface area contributed by atoms with E-state index in [1.807, 2.05) is 16.8 Å². The van der Waals surface area contributed by atoms with Crippen LogP contribution in [-0.4, -0.2) is 11.0 Å². The van der Waals surface area contributed by atoms with Crippen molar-refractivity contribution >= 4 is 22.9 Å². The minimum Gasteiger partial charge on any atom is -0.508 e. The molecule has 0 saturated carbocycles. The molecule has 0 unspecified atom stereocenters. The molecule has 1 aromatic heterocycles. The molecule has 1 aromatic carbocycles. The topological polar surface area (TPSA) is 49.3 Å². The molecule has 0 spiro atoms. The molecule has 0 atom stereocenters. The Hall–Kier alpha value is -2.07. The molecular weight excluding hydrogens is 258 g/mol. The van der Waals surface area contributed by atoms with Crippen molar-refractivity contribution < 1.29 is 9.90 Å². The number of hydrogen-bond acceptors (Lipinski definition) is 3. The minimum atomic E-state index is -0.0614. The fourth-order valence-corrected chi connectivity index (χ4v) is 2.43. The van der Waals surface area contributed by atoms with E-state index in [0.717, 1.165) is 11.1 Å². The van der Waals surface area contributed by atoms with Crippen LogP contribution in [0.25, 0.3) is 0 Å². The van der Waals surface area contributed by atoms with Crippen molar-refractivity contribution in [1.29, 1.82) is 0 Å². The van der Waals surface area contributed by atoms with Gasteiger partial charge in [-0.15, -0.1) is 6.58 Å². The van der Waals surface area contributed by atoms with Gasteiger partial charge in [0.25, 0.3) is 0 Å². The monoisotopic (exact) mass is 273 g/mol. The quantitative estimate of drug-likeness (QED) is 0.648. The largest absolute Gasteiger partial charge is 0.508 e. The van der Waals surface area contributed by atoms with Gasteiger partial charge in [0.15, 0.2) is 0 Å². The van der Waals surface area contributed by atoms with E-state index in [2.05, 4.69) is 11.9 Å². The van der Waals surface area contributed by atoms with E-state index < -0.39 is 0 Å². The van der Waals surface area contributed by atoms with E-state index in [-0.39, 0.29) is 11.7 Å². The Labute approximate surface area is 116 Å². The lowest BCUT2D eigenvalue weighted by molar-refractivity contribution is -0.115. The first-order valence-corrected chi connectivity index (χ1v) is 6.87. The Morgan fingerprint density at radius 1 is 1.42 bits per heavy atom. The zero-order valence-electron chi connectivity index (χ0n) is 10.4. The van der Waals surface area contributed by atoms with Crippen molar-refractivity contribution in [3.63, 3.8) is 0 Å². The highest BCUT2D eigenvalue weighted by atomic mass is 32.1. The Balaban J connectivity index is 2.04. The van der Waals surface area contributed by atoms with E-state index >= 15 is 0 Å². The van der Waals surface area contributed by atoms with Crippen molar-refractivity contribution in [2.45, 2.75) is 12.8 Å². The van der Waals surface area contributed by atoms with Crippen molar-refractivity contribution in [3.05, 3.63) is 58.8 Å². The number of thiophene rings is 1. The van der Waals surface area contributed by atoms with Crippen LogP contribution in [0, 0.1) is 0 Å². The number of phenolic OH excluding ortho intramolecular Hbond substituents is 1. The van der Waals surface area contributed by atoms with Crippen LogP contribution in [0.5, 0.6) is 5.75 Å². The molecule has 2 rings (SSSR count). The summed E-state index contributed by atoms with van der Waals surface area (Å²) in [6, 6.07) is 6.97. The van der Waals surface area contributed by atoms with Gasteiger partial charge in [0.1, 0.15) is 5.75 Å². The number of anilines is 1. The van der Waals surface area contributed by atoms with Gasteiger partial charge in [-0.3, -0.25) is 4.79 Å². The maximum atomic E-state index is 11.8. The van der Waals surface area contributed by atoms with Gasteiger partial charge in [-0.2, -0.15) is 11.3 Å². The van der Waals surface area contributed by atoms with Gasteiger partial charge in [-0.1, -0.05) is 6.08 Å². The number of nitrogens with one attached hydrogen (secondary N) is 1. The molecule has 1 heterocycles. The van der Waals surface area contributed by atoms with Crippen LogP contribution < -0.4 is 5.32 Å². The van der Waals surface area contributed by atoms with E-state index in [4.69, 9.17) is 0 Å². The molecule has 0 aliphatic rings. The van der Waals surface area contributed by atoms with Crippen LogP contribution >= 0.6 is 11.3 Å². The van der Waals surface area contributed by atoms with E-state index in [1.165, 1.54) is 0 Å². The van der Waals surface area contributed by atoms with Crippen LogP contribution in [0.15, 0.2) is 47.7 Å². The van der Waals surface area contributed by atoms with Gasteiger partial charge in [0.2, 0.25) is 5.91 Å². The van der Waals surface area contributed by atoms with E-state index in [1.54, 1.807) is 35.6 Å². The standard InChI is InChI=1S/C15H15NO2S/c1-2-3-12-9-13(4-5-14(12)17)16-15(18)8-11-6-7-19-10-11/h2,4-7,9-10,17H,1,3,8H2,(H,16,18). The SMILES string of the molecule is C=CCc1cc(NC(=O)Cc2ccsc2)ccc1O.